The lowest BCUT2D eigenvalue weighted by molar-refractivity contribution is -0.141. The first-order valence-corrected chi connectivity index (χ1v) is 8.25. The van der Waals surface area contributed by atoms with Gasteiger partial charge >= 0.3 is 5.97 Å². The Hall–Kier alpha value is -2.88. The number of carbonyl (C=O) groups is 2. The summed E-state index contributed by atoms with van der Waals surface area (Å²) < 4.78 is 0. The van der Waals surface area contributed by atoms with Crippen LogP contribution in [-0.4, -0.2) is 23.0 Å². The quantitative estimate of drug-likeness (QED) is 0.756. The Morgan fingerprint density at radius 3 is 1.84 bits per heavy atom. The minimum atomic E-state index is -1.04. The van der Waals surface area contributed by atoms with Crippen molar-refractivity contribution in [3.05, 3.63) is 83.4 Å². The maximum Gasteiger partial charge on any atom is 0.326 e. The van der Waals surface area contributed by atoms with Crippen molar-refractivity contribution in [2.24, 2.45) is 0 Å². The Labute approximate surface area is 148 Å². The van der Waals surface area contributed by atoms with E-state index in [1.807, 2.05) is 80.6 Å². The molecule has 0 heterocycles. The molecule has 0 spiro atoms. The molecule has 0 radical (unpaired) electrons. The standard InChI is InChI=1S/C21H23NO3/c1-15(2)13-14-18(21(24)25)22-20(23)19(16-9-5-3-6-10-16)17-11-7-4-8-12-17/h3-13,18-19H,14H2,1-2H3,(H,22,23)(H,24,25)/t18-/m1/s1. The number of carboxylic acids is 1. The topological polar surface area (TPSA) is 66.4 Å². The van der Waals surface area contributed by atoms with Gasteiger partial charge in [-0.25, -0.2) is 4.79 Å². The van der Waals surface area contributed by atoms with Gasteiger partial charge in [0.15, 0.2) is 0 Å². The summed E-state index contributed by atoms with van der Waals surface area (Å²) in [4.78, 5) is 24.4. The van der Waals surface area contributed by atoms with Gasteiger partial charge in [0, 0.05) is 0 Å². The highest BCUT2D eigenvalue weighted by Crippen LogP contribution is 2.25. The molecular weight excluding hydrogens is 314 g/mol. The van der Waals surface area contributed by atoms with Crippen molar-refractivity contribution in [2.45, 2.75) is 32.2 Å². The van der Waals surface area contributed by atoms with Gasteiger partial charge in [0.2, 0.25) is 5.91 Å². The summed E-state index contributed by atoms with van der Waals surface area (Å²) in [6.07, 6.45) is 2.08. The van der Waals surface area contributed by atoms with Crippen LogP contribution in [0.3, 0.4) is 0 Å². The first kappa shape index (κ1) is 18.5. The maximum atomic E-state index is 12.9. The van der Waals surface area contributed by atoms with Crippen LogP contribution in [-0.2, 0) is 9.59 Å². The second kappa shape index (κ2) is 8.83. The van der Waals surface area contributed by atoms with Crippen LogP contribution in [0.4, 0.5) is 0 Å². The summed E-state index contributed by atoms with van der Waals surface area (Å²) in [5, 5.41) is 12.1. The zero-order valence-electron chi connectivity index (χ0n) is 14.5. The molecule has 1 amide bonds. The van der Waals surface area contributed by atoms with Crippen LogP contribution in [0.1, 0.15) is 37.3 Å². The molecule has 0 bridgehead atoms. The molecule has 0 fully saturated rings. The van der Waals surface area contributed by atoms with Gasteiger partial charge in [-0.3, -0.25) is 4.79 Å². The SMILES string of the molecule is CC(C)=CC[C@@H](NC(=O)C(c1ccccc1)c1ccccc1)C(=O)O. The average Bonchev–Trinajstić information content (AvgIpc) is 2.60. The number of aliphatic carboxylic acids is 1. The molecule has 2 rings (SSSR count). The normalized spacial score (nSPS) is 11.6. The number of allylic oxidation sites excluding steroid dienone is 1. The van der Waals surface area contributed by atoms with Crippen LogP contribution in [0, 0.1) is 0 Å². The molecule has 0 saturated heterocycles. The Balaban J connectivity index is 2.29. The lowest BCUT2D eigenvalue weighted by atomic mass is 9.90. The van der Waals surface area contributed by atoms with E-state index in [-0.39, 0.29) is 12.3 Å². The van der Waals surface area contributed by atoms with Crippen molar-refractivity contribution in [1.82, 2.24) is 5.32 Å². The van der Waals surface area contributed by atoms with Gasteiger partial charge < -0.3 is 10.4 Å². The third-order valence-corrected chi connectivity index (χ3v) is 3.90. The summed E-state index contributed by atoms with van der Waals surface area (Å²) in [6, 6.07) is 17.8. The third-order valence-electron chi connectivity index (χ3n) is 3.90. The van der Waals surface area contributed by atoms with Gasteiger partial charge in [-0.05, 0) is 31.4 Å². The van der Waals surface area contributed by atoms with E-state index in [4.69, 9.17) is 0 Å². The van der Waals surface area contributed by atoms with Crippen LogP contribution in [0.5, 0.6) is 0 Å². The number of nitrogens with one attached hydrogen (secondary N) is 1. The summed E-state index contributed by atoms with van der Waals surface area (Å²) in [5.74, 6) is -1.89. The number of hydrogen-bond acceptors (Lipinski definition) is 2. The number of carbonyl (C=O) groups excluding carboxylic acids is 1. The van der Waals surface area contributed by atoms with Crippen molar-refractivity contribution in [1.29, 1.82) is 0 Å². The Bertz CT molecular complexity index is 695. The fraction of sp³-hybridized carbons (Fsp3) is 0.238. The second-order valence-corrected chi connectivity index (χ2v) is 6.17. The molecule has 1 atom stereocenters. The maximum absolute atomic E-state index is 12.9. The molecule has 130 valence electrons. The molecule has 0 aliphatic carbocycles. The van der Waals surface area contributed by atoms with Crippen LogP contribution < -0.4 is 5.32 Å². The second-order valence-electron chi connectivity index (χ2n) is 6.17. The van der Waals surface area contributed by atoms with Gasteiger partial charge in [0.05, 0.1) is 5.92 Å². The number of hydrogen-bond donors (Lipinski definition) is 2. The fourth-order valence-corrected chi connectivity index (χ4v) is 2.62. The Kier molecular flexibility index (Phi) is 6.52. The zero-order chi connectivity index (χ0) is 18.2. The summed E-state index contributed by atoms with van der Waals surface area (Å²) in [7, 11) is 0. The Morgan fingerprint density at radius 1 is 0.960 bits per heavy atom. The molecule has 2 aromatic rings. The predicted octanol–water partition coefficient (Wildman–Crippen LogP) is 3.74. The van der Waals surface area contributed by atoms with E-state index < -0.39 is 17.9 Å². The van der Waals surface area contributed by atoms with Crippen LogP contribution in [0.15, 0.2) is 72.3 Å². The average molecular weight is 337 g/mol. The molecule has 0 saturated carbocycles. The highest BCUT2D eigenvalue weighted by molar-refractivity contribution is 5.90. The minimum Gasteiger partial charge on any atom is -0.480 e. The van der Waals surface area contributed by atoms with Crippen molar-refractivity contribution in [3.8, 4) is 0 Å². The van der Waals surface area contributed by atoms with Crippen LogP contribution in [0.2, 0.25) is 0 Å². The highest BCUT2D eigenvalue weighted by atomic mass is 16.4. The number of rotatable bonds is 7. The van der Waals surface area contributed by atoms with Gasteiger partial charge in [0.25, 0.3) is 0 Å². The summed E-state index contributed by atoms with van der Waals surface area (Å²) in [6.45, 7) is 3.80. The van der Waals surface area contributed by atoms with Gasteiger partial charge in [-0.15, -0.1) is 0 Å². The Morgan fingerprint density at radius 2 is 1.44 bits per heavy atom. The third kappa shape index (κ3) is 5.31. The lowest BCUT2D eigenvalue weighted by Crippen LogP contribution is -2.43. The zero-order valence-corrected chi connectivity index (χ0v) is 14.5. The number of benzene rings is 2. The highest BCUT2D eigenvalue weighted by Gasteiger charge is 2.27. The van der Waals surface area contributed by atoms with Gasteiger partial charge in [-0.2, -0.15) is 0 Å². The summed E-state index contributed by atoms with van der Waals surface area (Å²) >= 11 is 0. The predicted molar refractivity (Wildman–Crippen MR) is 98.3 cm³/mol. The first-order chi connectivity index (χ1) is 12.0. The number of amides is 1. The molecule has 0 unspecified atom stereocenters. The molecule has 25 heavy (non-hydrogen) atoms. The molecule has 2 N–H and O–H groups in total. The molecular formula is C21H23NO3. The van der Waals surface area contributed by atoms with E-state index in [0.29, 0.717) is 0 Å². The van der Waals surface area contributed by atoms with Crippen LogP contribution >= 0.6 is 0 Å². The minimum absolute atomic E-state index is 0.264. The molecule has 0 aliphatic rings. The van der Waals surface area contributed by atoms with Crippen LogP contribution in [0.25, 0.3) is 0 Å². The monoisotopic (exact) mass is 337 g/mol. The van der Waals surface area contributed by atoms with Crippen molar-refractivity contribution in [2.75, 3.05) is 0 Å². The van der Waals surface area contributed by atoms with Crippen molar-refractivity contribution >= 4 is 11.9 Å². The number of carboxylic acid groups (broad SMARTS) is 1. The lowest BCUT2D eigenvalue weighted by Gasteiger charge is -2.21. The summed E-state index contributed by atoms with van der Waals surface area (Å²) in [5.41, 5.74) is 2.68. The fourth-order valence-electron chi connectivity index (χ4n) is 2.62. The van der Waals surface area contributed by atoms with Gasteiger partial charge in [0.1, 0.15) is 6.04 Å². The first-order valence-electron chi connectivity index (χ1n) is 8.25. The molecule has 0 aromatic heterocycles. The van der Waals surface area contributed by atoms with E-state index in [9.17, 15) is 14.7 Å². The van der Waals surface area contributed by atoms with E-state index >= 15 is 0 Å². The molecule has 2 aromatic carbocycles. The molecule has 4 heteroatoms. The van der Waals surface area contributed by atoms with E-state index in [1.165, 1.54) is 0 Å². The smallest absolute Gasteiger partial charge is 0.326 e. The molecule has 4 nitrogen and oxygen atoms in total. The largest absolute Gasteiger partial charge is 0.480 e. The van der Waals surface area contributed by atoms with E-state index in [1.54, 1.807) is 0 Å². The van der Waals surface area contributed by atoms with E-state index in [2.05, 4.69) is 5.32 Å². The van der Waals surface area contributed by atoms with Gasteiger partial charge in [-0.1, -0.05) is 72.3 Å². The molecule has 0 aliphatic heterocycles. The van der Waals surface area contributed by atoms with Crippen molar-refractivity contribution < 1.29 is 14.7 Å². The van der Waals surface area contributed by atoms with E-state index in [0.717, 1.165) is 16.7 Å². The van der Waals surface area contributed by atoms with Crippen molar-refractivity contribution in [3.63, 3.8) is 0 Å².